The van der Waals surface area contributed by atoms with E-state index in [-0.39, 0.29) is 42.9 Å². The van der Waals surface area contributed by atoms with E-state index in [4.69, 9.17) is 4.74 Å². The molecule has 0 saturated carbocycles. The zero-order valence-electron chi connectivity index (χ0n) is 17.8. The largest absolute Gasteiger partial charge is 0.496 e. The summed E-state index contributed by atoms with van der Waals surface area (Å²) in [4.78, 5) is 12.0. The Morgan fingerprint density at radius 1 is 1.17 bits per heavy atom. The Balaban J connectivity index is 0.00000225. The van der Waals surface area contributed by atoms with Crippen molar-refractivity contribution in [2.24, 2.45) is 5.92 Å². The van der Waals surface area contributed by atoms with Crippen LogP contribution in [0.4, 0.5) is 0 Å². The molecule has 0 amide bonds. The number of aliphatic carboxylic acids is 1. The molecular weight excluding hydrogens is 423 g/mol. The molecule has 1 aliphatic rings. The minimum Gasteiger partial charge on any atom is -0.496 e. The second kappa shape index (κ2) is 11.6. The van der Waals surface area contributed by atoms with Gasteiger partial charge in [-0.25, -0.2) is 0 Å². The van der Waals surface area contributed by atoms with Gasteiger partial charge in [-0.1, -0.05) is 56.3 Å². The van der Waals surface area contributed by atoms with Crippen molar-refractivity contribution in [1.29, 1.82) is 0 Å². The van der Waals surface area contributed by atoms with Crippen molar-refractivity contribution in [3.8, 4) is 5.75 Å². The Kier molecular flexibility index (Phi) is 10.1. The van der Waals surface area contributed by atoms with Crippen LogP contribution < -0.4 is 15.4 Å². The van der Waals surface area contributed by atoms with Gasteiger partial charge in [-0.15, -0.1) is 24.8 Å². The predicted molar refractivity (Wildman–Crippen MR) is 125 cm³/mol. The summed E-state index contributed by atoms with van der Waals surface area (Å²) < 4.78 is 5.53. The number of halogens is 2. The van der Waals surface area contributed by atoms with Crippen LogP contribution in [0.5, 0.6) is 5.75 Å². The Morgan fingerprint density at radius 2 is 1.83 bits per heavy atom. The van der Waals surface area contributed by atoms with E-state index in [1.165, 1.54) is 5.56 Å². The number of carboxylic acid groups (broad SMARTS) is 1. The lowest BCUT2D eigenvalue weighted by Crippen LogP contribution is -2.41. The fourth-order valence-corrected chi connectivity index (χ4v) is 4.11. The molecule has 1 unspecified atom stereocenters. The van der Waals surface area contributed by atoms with E-state index in [0.717, 1.165) is 16.9 Å². The van der Waals surface area contributed by atoms with Crippen molar-refractivity contribution in [3.05, 3.63) is 65.2 Å². The molecule has 3 N–H and O–H groups in total. The maximum Gasteiger partial charge on any atom is 0.309 e. The molecule has 5 nitrogen and oxygen atoms in total. The first-order valence-electron chi connectivity index (χ1n) is 9.86. The van der Waals surface area contributed by atoms with Crippen LogP contribution in [0.3, 0.4) is 0 Å². The first kappa shape index (κ1) is 26.2. The lowest BCUT2D eigenvalue weighted by Gasteiger charge is -2.25. The summed E-state index contributed by atoms with van der Waals surface area (Å²) in [5.74, 6) is -0.0518. The van der Waals surface area contributed by atoms with Crippen LogP contribution in [-0.4, -0.2) is 30.3 Å². The fraction of sp³-hybridized carbons (Fsp3) is 0.435. The van der Waals surface area contributed by atoms with Gasteiger partial charge in [0.1, 0.15) is 5.75 Å². The number of benzene rings is 2. The maximum absolute atomic E-state index is 12.0. The van der Waals surface area contributed by atoms with Gasteiger partial charge in [-0.05, 0) is 30.0 Å². The molecule has 0 aromatic heterocycles. The minimum atomic E-state index is -0.779. The zero-order chi connectivity index (χ0) is 20.3. The number of ether oxygens (including phenoxy) is 1. The van der Waals surface area contributed by atoms with Gasteiger partial charge in [0, 0.05) is 30.2 Å². The second-order valence-corrected chi connectivity index (χ2v) is 7.84. The van der Waals surface area contributed by atoms with E-state index in [1.807, 2.05) is 43.3 Å². The molecule has 0 spiro atoms. The number of carboxylic acids is 1. The summed E-state index contributed by atoms with van der Waals surface area (Å²) in [5.41, 5.74) is 3.38. The van der Waals surface area contributed by atoms with E-state index in [2.05, 4.69) is 36.6 Å². The number of hydrogen-bond donors (Lipinski definition) is 3. The average Bonchev–Trinajstić information content (AvgIpc) is 3.03. The highest BCUT2D eigenvalue weighted by Gasteiger charge is 2.45. The Bertz CT molecular complexity index is 817. The highest BCUT2D eigenvalue weighted by atomic mass is 35.5. The maximum atomic E-state index is 12.0. The average molecular weight is 455 g/mol. The molecule has 1 aliphatic heterocycles. The number of carbonyl (C=O) groups is 1. The van der Waals surface area contributed by atoms with E-state index in [1.54, 1.807) is 7.11 Å². The number of methoxy groups -OCH3 is 1. The van der Waals surface area contributed by atoms with Gasteiger partial charge in [-0.3, -0.25) is 4.79 Å². The molecular formula is C23H32Cl2N2O3. The van der Waals surface area contributed by atoms with Crippen LogP contribution in [0.1, 0.15) is 49.4 Å². The van der Waals surface area contributed by atoms with Crippen LogP contribution in [0, 0.1) is 5.92 Å². The summed E-state index contributed by atoms with van der Waals surface area (Å²) in [7, 11) is 1.67. The summed E-state index contributed by atoms with van der Waals surface area (Å²) in [6.45, 7) is 6.81. The fourth-order valence-electron chi connectivity index (χ4n) is 4.11. The first-order valence-corrected chi connectivity index (χ1v) is 9.86. The van der Waals surface area contributed by atoms with Crippen LogP contribution in [-0.2, 0) is 11.3 Å². The number of nitrogens with one attached hydrogen (secondary N) is 2. The first-order chi connectivity index (χ1) is 13.4. The van der Waals surface area contributed by atoms with Crippen molar-refractivity contribution >= 4 is 30.8 Å². The summed E-state index contributed by atoms with van der Waals surface area (Å²) >= 11 is 0. The third-order valence-corrected chi connectivity index (χ3v) is 5.67. The van der Waals surface area contributed by atoms with Gasteiger partial charge in [0.05, 0.1) is 13.0 Å². The summed E-state index contributed by atoms with van der Waals surface area (Å²) in [5, 5.41) is 16.8. The molecule has 4 atom stereocenters. The highest BCUT2D eigenvalue weighted by Crippen LogP contribution is 2.33. The quantitative estimate of drug-likeness (QED) is 0.571. The van der Waals surface area contributed by atoms with Gasteiger partial charge in [0.15, 0.2) is 0 Å². The SMILES string of the molecule is COc1ccc(C(C)C)cc1CN[C@@H]1C(c2ccccc2)N[C@H](C)[C@@H]1C(=O)O.Cl.Cl. The monoisotopic (exact) mass is 454 g/mol. The molecule has 2 aromatic carbocycles. The third-order valence-electron chi connectivity index (χ3n) is 5.67. The molecule has 1 heterocycles. The van der Waals surface area contributed by atoms with Crippen LogP contribution in [0.15, 0.2) is 48.5 Å². The van der Waals surface area contributed by atoms with Gasteiger partial charge in [0.2, 0.25) is 0 Å². The van der Waals surface area contributed by atoms with Crippen molar-refractivity contribution in [2.45, 2.75) is 51.4 Å². The van der Waals surface area contributed by atoms with E-state index >= 15 is 0 Å². The molecule has 166 valence electrons. The number of rotatable bonds is 7. The Hall–Kier alpha value is -1.79. The van der Waals surface area contributed by atoms with Crippen molar-refractivity contribution in [2.75, 3.05) is 7.11 Å². The second-order valence-electron chi connectivity index (χ2n) is 7.84. The lowest BCUT2D eigenvalue weighted by molar-refractivity contribution is -0.142. The predicted octanol–water partition coefficient (Wildman–Crippen LogP) is 4.55. The molecule has 1 saturated heterocycles. The van der Waals surface area contributed by atoms with Crippen LogP contribution in [0.2, 0.25) is 0 Å². The zero-order valence-corrected chi connectivity index (χ0v) is 19.4. The van der Waals surface area contributed by atoms with E-state index in [9.17, 15) is 9.90 Å². The Morgan fingerprint density at radius 3 is 2.40 bits per heavy atom. The molecule has 1 fully saturated rings. The standard InChI is InChI=1S/C23H30N2O3.2ClH/c1-14(2)17-10-11-19(28-4)18(12-17)13-24-22-20(23(26)27)15(3)25-21(22)16-8-6-5-7-9-16;;/h5-12,14-15,20-22,24-25H,13H2,1-4H3,(H,26,27);2*1H/t15-,20+,21?,22+;;/m1../s1. The molecule has 0 bridgehead atoms. The summed E-state index contributed by atoms with van der Waals surface area (Å²) in [6, 6.07) is 15.9. The van der Waals surface area contributed by atoms with Crippen molar-refractivity contribution < 1.29 is 14.6 Å². The van der Waals surface area contributed by atoms with Crippen molar-refractivity contribution in [3.63, 3.8) is 0 Å². The van der Waals surface area contributed by atoms with Gasteiger partial charge in [-0.2, -0.15) is 0 Å². The van der Waals surface area contributed by atoms with E-state index in [0.29, 0.717) is 12.5 Å². The number of hydrogen-bond acceptors (Lipinski definition) is 4. The highest BCUT2D eigenvalue weighted by molar-refractivity contribution is 5.85. The third kappa shape index (κ3) is 5.67. The minimum absolute atomic E-state index is 0. The van der Waals surface area contributed by atoms with Gasteiger partial charge < -0.3 is 20.5 Å². The summed E-state index contributed by atoms with van der Waals surface area (Å²) in [6.07, 6.45) is 0. The van der Waals surface area contributed by atoms with Crippen LogP contribution >= 0.6 is 24.8 Å². The molecule has 3 rings (SSSR count). The van der Waals surface area contributed by atoms with Gasteiger partial charge >= 0.3 is 5.97 Å². The molecule has 7 heteroatoms. The molecule has 0 aliphatic carbocycles. The lowest BCUT2D eigenvalue weighted by atomic mass is 9.91. The topological polar surface area (TPSA) is 70.6 Å². The normalized spacial score (nSPS) is 22.8. The molecule has 30 heavy (non-hydrogen) atoms. The van der Waals surface area contributed by atoms with E-state index < -0.39 is 11.9 Å². The Labute approximate surface area is 191 Å². The van der Waals surface area contributed by atoms with Gasteiger partial charge in [0.25, 0.3) is 0 Å². The smallest absolute Gasteiger partial charge is 0.309 e. The molecule has 2 aromatic rings. The van der Waals surface area contributed by atoms with Crippen molar-refractivity contribution in [1.82, 2.24) is 10.6 Å². The van der Waals surface area contributed by atoms with Crippen LogP contribution in [0.25, 0.3) is 0 Å². The molecule has 0 radical (unpaired) electrons.